The molecule has 0 rings (SSSR count). The monoisotopic (exact) mass is 342 g/mol. The summed E-state index contributed by atoms with van der Waals surface area (Å²) in [7, 11) is 0. The van der Waals surface area contributed by atoms with Crippen LogP contribution in [0.25, 0.3) is 0 Å². The van der Waals surface area contributed by atoms with Crippen molar-refractivity contribution in [1.29, 1.82) is 0 Å². The molecule has 1 N–H and O–H groups in total. The molecule has 4 nitrogen and oxygen atoms in total. The molecule has 0 spiro atoms. The van der Waals surface area contributed by atoms with Gasteiger partial charge in [0.15, 0.2) is 0 Å². The Morgan fingerprint density at radius 2 is 1.33 bits per heavy atom. The standard InChI is InChI=1S/C20H38O4/c1-3-4-5-6-7-8-9-10-11-12-13-14-20(23)24-19(17-21)16-15-18(2)22/h19,21H,3-17H2,1-2H3/t19-/m1/s1. The predicted molar refractivity (Wildman–Crippen MR) is 98.0 cm³/mol. The van der Waals surface area contributed by atoms with Crippen molar-refractivity contribution in [2.75, 3.05) is 6.61 Å². The predicted octanol–water partition coefficient (Wildman–Crippen LogP) is 4.96. The molecule has 4 heteroatoms. The van der Waals surface area contributed by atoms with Crippen LogP contribution in [0.1, 0.15) is 104 Å². The van der Waals surface area contributed by atoms with Crippen LogP contribution in [0.5, 0.6) is 0 Å². The van der Waals surface area contributed by atoms with Gasteiger partial charge in [0.25, 0.3) is 0 Å². The van der Waals surface area contributed by atoms with Crippen LogP contribution in [0.2, 0.25) is 0 Å². The van der Waals surface area contributed by atoms with E-state index >= 15 is 0 Å². The van der Waals surface area contributed by atoms with Crippen LogP contribution < -0.4 is 0 Å². The van der Waals surface area contributed by atoms with E-state index in [4.69, 9.17) is 9.84 Å². The lowest BCUT2D eigenvalue weighted by atomic mass is 10.1. The zero-order valence-corrected chi connectivity index (χ0v) is 15.9. The van der Waals surface area contributed by atoms with Gasteiger partial charge in [0, 0.05) is 12.8 Å². The number of aliphatic hydroxyl groups excluding tert-OH is 1. The number of ether oxygens (including phenoxy) is 1. The minimum atomic E-state index is -0.533. The molecule has 0 heterocycles. The van der Waals surface area contributed by atoms with E-state index in [0.717, 1.165) is 12.8 Å². The molecule has 0 aromatic carbocycles. The third-order valence-corrected chi connectivity index (χ3v) is 4.30. The van der Waals surface area contributed by atoms with Crippen molar-refractivity contribution in [3.05, 3.63) is 0 Å². The Balaban J connectivity index is 3.43. The maximum Gasteiger partial charge on any atom is 0.306 e. The molecule has 142 valence electrons. The topological polar surface area (TPSA) is 63.6 Å². The molecule has 0 aromatic rings. The van der Waals surface area contributed by atoms with E-state index in [1.165, 1.54) is 64.7 Å². The zero-order chi connectivity index (χ0) is 18.0. The van der Waals surface area contributed by atoms with Crippen molar-refractivity contribution >= 4 is 11.8 Å². The highest BCUT2D eigenvalue weighted by Crippen LogP contribution is 2.12. The second-order valence-corrected chi connectivity index (χ2v) is 6.82. The first-order valence-electron chi connectivity index (χ1n) is 9.90. The van der Waals surface area contributed by atoms with Crippen LogP contribution >= 0.6 is 0 Å². The van der Waals surface area contributed by atoms with E-state index in [1.807, 2.05) is 0 Å². The third kappa shape index (κ3) is 16.0. The van der Waals surface area contributed by atoms with Gasteiger partial charge in [-0.15, -0.1) is 0 Å². The first-order chi connectivity index (χ1) is 11.6. The average molecular weight is 343 g/mol. The number of carbonyl (C=O) groups excluding carboxylic acids is 2. The van der Waals surface area contributed by atoms with Gasteiger partial charge in [-0.25, -0.2) is 0 Å². The van der Waals surface area contributed by atoms with Gasteiger partial charge in [-0.2, -0.15) is 0 Å². The Bertz CT molecular complexity index is 315. The molecule has 1 atom stereocenters. The van der Waals surface area contributed by atoms with E-state index in [1.54, 1.807) is 0 Å². The molecule has 0 bridgehead atoms. The van der Waals surface area contributed by atoms with Gasteiger partial charge in [-0.1, -0.05) is 71.1 Å². The molecule has 0 unspecified atom stereocenters. The summed E-state index contributed by atoms with van der Waals surface area (Å²) in [6, 6.07) is 0. The van der Waals surface area contributed by atoms with Crippen molar-refractivity contribution in [1.82, 2.24) is 0 Å². The third-order valence-electron chi connectivity index (χ3n) is 4.30. The number of ketones is 1. The van der Waals surface area contributed by atoms with Crippen molar-refractivity contribution in [3.8, 4) is 0 Å². The highest BCUT2D eigenvalue weighted by atomic mass is 16.5. The smallest absolute Gasteiger partial charge is 0.306 e. The maximum absolute atomic E-state index is 11.7. The molecular formula is C20H38O4. The number of esters is 1. The number of Topliss-reactive ketones (excluding diaryl/α,β-unsaturated/α-hetero) is 1. The molecule has 24 heavy (non-hydrogen) atoms. The normalized spacial score (nSPS) is 12.1. The molecule has 0 radical (unpaired) electrons. The zero-order valence-electron chi connectivity index (χ0n) is 15.9. The highest BCUT2D eigenvalue weighted by Gasteiger charge is 2.13. The van der Waals surface area contributed by atoms with Crippen molar-refractivity contribution in [2.24, 2.45) is 0 Å². The lowest BCUT2D eigenvalue weighted by molar-refractivity contribution is -0.152. The minimum Gasteiger partial charge on any atom is -0.460 e. The number of aliphatic hydroxyl groups is 1. The van der Waals surface area contributed by atoms with Gasteiger partial charge in [-0.05, 0) is 19.8 Å². The Morgan fingerprint density at radius 1 is 0.833 bits per heavy atom. The van der Waals surface area contributed by atoms with Crippen LogP contribution in [-0.4, -0.2) is 29.6 Å². The van der Waals surface area contributed by atoms with Crippen LogP contribution in [0.15, 0.2) is 0 Å². The quantitative estimate of drug-likeness (QED) is 0.300. The van der Waals surface area contributed by atoms with Crippen LogP contribution in [0, 0.1) is 0 Å². The summed E-state index contributed by atoms with van der Waals surface area (Å²) in [6.07, 6.45) is 14.4. The summed E-state index contributed by atoms with van der Waals surface area (Å²) in [5.41, 5.74) is 0. The second kappa shape index (κ2) is 16.9. The summed E-state index contributed by atoms with van der Waals surface area (Å²) >= 11 is 0. The van der Waals surface area contributed by atoms with Gasteiger partial charge in [0.2, 0.25) is 0 Å². The van der Waals surface area contributed by atoms with E-state index < -0.39 is 6.10 Å². The van der Waals surface area contributed by atoms with Gasteiger partial charge in [0.05, 0.1) is 6.61 Å². The maximum atomic E-state index is 11.7. The summed E-state index contributed by atoms with van der Waals surface area (Å²) in [6.45, 7) is 3.53. The van der Waals surface area contributed by atoms with Crippen LogP contribution in [-0.2, 0) is 14.3 Å². The fourth-order valence-corrected chi connectivity index (χ4v) is 2.73. The summed E-state index contributed by atoms with van der Waals surface area (Å²) in [5.74, 6) is -0.205. The highest BCUT2D eigenvalue weighted by molar-refractivity contribution is 5.75. The average Bonchev–Trinajstić information content (AvgIpc) is 2.56. The van der Waals surface area contributed by atoms with Gasteiger partial charge in [-0.3, -0.25) is 4.79 Å². The molecule has 0 fully saturated rings. The van der Waals surface area contributed by atoms with Gasteiger partial charge in [0.1, 0.15) is 11.9 Å². The summed E-state index contributed by atoms with van der Waals surface area (Å²) < 4.78 is 5.20. The number of unbranched alkanes of at least 4 members (excludes halogenated alkanes) is 10. The second-order valence-electron chi connectivity index (χ2n) is 6.82. The van der Waals surface area contributed by atoms with Crippen LogP contribution in [0.4, 0.5) is 0 Å². The molecule has 0 aliphatic rings. The molecule has 0 saturated carbocycles. The van der Waals surface area contributed by atoms with E-state index in [9.17, 15) is 9.59 Å². The fraction of sp³-hybridized carbons (Fsp3) is 0.900. The van der Waals surface area contributed by atoms with Crippen molar-refractivity contribution in [2.45, 2.75) is 110 Å². The Morgan fingerprint density at radius 3 is 1.79 bits per heavy atom. The number of rotatable bonds is 17. The molecule has 0 aromatic heterocycles. The Labute approximate surface area is 148 Å². The fourth-order valence-electron chi connectivity index (χ4n) is 2.73. The first kappa shape index (κ1) is 23.1. The van der Waals surface area contributed by atoms with Gasteiger partial charge < -0.3 is 14.6 Å². The van der Waals surface area contributed by atoms with E-state index in [0.29, 0.717) is 19.3 Å². The van der Waals surface area contributed by atoms with E-state index in [2.05, 4.69) is 6.92 Å². The van der Waals surface area contributed by atoms with E-state index in [-0.39, 0.29) is 18.4 Å². The first-order valence-corrected chi connectivity index (χ1v) is 9.90. The lowest BCUT2D eigenvalue weighted by Crippen LogP contribution is -2.22. The molecule has 0 aliphatic carbocycles. The largest absolute Gasteiger partial charge is 0.460 e. The van der Waals surface area contributed by atoms with Crippen LogP contribution in [0.3, 0.4) is 0 Å². The van der Waals surface area contributed by atoms with Crippen molar-refractivity contribution < 1.29 is 19.4 Å². The molecule has 0 aliphatic heterocycles. The van der Waals surface area contributed by atoms with Gasteiger partial charge >= 0.3 is 5.97 Å². The molecular weight excluding hydrogens is 304 g/mol. The number of hydrogen-bond acceptors (Lipinski definition) is 4. The SMILES string of the molecule is CCCCCCCCCCCCCC(=O)O[C@@H](CO)CCC(C)=O. The minimum absolute atomic E-state index is 0.0508. The molecule has 0 amide bonds. The lowest BCUT2D eigenvalue weighted by Gasteiger charge is -2.14. The molecule has 0 saturated heterocycles. The summed E-state index contributed by atoms with van der Waals surface area (Å²) in [5, 5.41) is 9.16. The number of carbonyl (C=O) groups is 2. The Kier molecular flexibility index (Phi) is 16.3. The van der Waals surface area contributed by atoms with Crippen molar-refractivity contribution in [3.63, 3.8) is 0 Å². The number of hydrogen-bond donors (Lipinski definition) is 1. The summed E-state index contributed by atoms with van der Waals surface area (Å²) in [4.78, 5) is 22.6. The Hall–Kier alpha value is -0.900.